The second-order valence-corrected chi connectivity index (χ2v) is 3.31. The summed E-state index contributed by atoms with van der Waals surface area (Å²) in [6, 6.07) is 1.39. The molecule has 0 unspecified atom stereocenters. The van der Waals surface area contributed by atoms with E-state index < -0.39 is 11.6 Å². The lowest BCUT2D eigenvalue weighted by Crippen LogP contribution is -2.01. The Morgan fingerprint density at radius 3 is 2.50 bits per heavy atom. The third kappa shape index (κ3) is 2.24. The normalized spacial score (nSPS) is 10.0. The molecule has 0 aliphatic carbocycles. The number of methoxy groups -OCH3 is 2. The standard InChI is InChI=1S/C11H13FO4/c1-6(13)4-7-5-8(15-2)11(16-3)9(12)10(7)14/h5,14H,4H2,1-3H3. The summed E-state index contributed by atoms with van der Waals surface area (Å²) in [6.45, 7) is 1.36. The van der Waals surface area contributed by atoms with Gasteiger partial charge in [0.05, 0.1) is 14.2 Å². The Morgan fingerprint density at radius 2 is 2.06 bits per heavy atom. The van der Waals surface area contributed by atoms with E-state index in [0.717, 1.165) is 0 Å². The fourth-order valence-corrected chi connectivity index (χ4v) is 1.39. The number of rotatable bonds is 4. The summed E-state index contributed by atoms with van der Waals surface area (Å²) in [5, 5.41) is 9.52. The number of ketones is 1. The number of carbonyl (C=O) groups excluding carboxylic acids is 1. The average Bonchev–Trinajstić information content (AvgIpc) is 2.24. The number of benzene rings is 1. The van der Waals surface area contributed by atoms with Gasteiger partial charge in [-0.25, -0.2) is 0 Å². The molecular formula is C11H13FO4. The third-order valence-corrected chi connectivity index (χ3v) is 2.10. The highest BCUT2D eigenvalue weighted by atomic mass is 19.1. The van der Waals surface area contributed by atoms with E-state index >= 15 is 0 Å². The van der Waals surface area contributed by atoms with E-state index in [-0.39, 0.29) is 29.3 Å². The lowest BCUT2D eigenvalue weighted by molar-refractivity contribution is -0.116. The molecule has 0 bridgehead atoms. The molecule has 5 heteroatoms. The van der Waals surface area contributed by atoms with Crippen molar-refractivity contribution in [2.75, 3.05) is 14.2 Å². The van der Waals surface area contributed by atoms with Gasteiger partial charge in [-0.3, -0.25) is 4.79 Å². The van der Waals surface area contributed by atoms with Gasteiger partial charge in [-0.05, 0) is 13.0 Å². The minimum absolute atomic E-state index is 0.0525. The number of Topliss-reactive ketones (excluding diaryl/α,β-unsaturated/α-hetero) is 1. The number of aromatic hydroxyl groups is 1. The summed E-state index contributed by atoms with van der Waals surface area (Å²) >= 11 is 0. The SMILES string of the molecule is COc1cc(CC(C)=O)c(O)c(F)c1OC. The van der Waals surface area contributed by atoms with E-state index in [1.54, 1.807) is 0 Å². The smallest absolute Gasteiger partial charge is 0.210 e. The molecule has 16 heavy (non-hydrogen) atoms. The molecule has 0 aliphatic rings. The summed E-state index contributed by atoms with van der Waals surface area (Å²) in [5.74, 6) is -1.70. The van der Waals surface area contributed by atoms with Gasteiger partial charge in [0, 0.05) is 12.0 Å². The lowest BCUT2D eigenvalue weighted by atomic mass is 10.1. The van der Waals surface area contributed by atoms with Crippen LogP contribution in [0.2, 0.25) is 0 Å². The average molecular weight is 228 g/mol. The van der Waals surface area contributed by atoms with Gasteiger partial charge in [-0.2, -0.15) is 4.39 Å². The molecule has 0 atom stereocenters. The van der Waals surface area contributed by atoms with Gasteiger partial charge < -0.3 is 14.6 Å². The monoisotopic (exact) mass is 228 g/mol. The highest BCUT2D eigenvalue weighted by Gasteiger charge is 2.19. The second-order valence-electron chi connectivity index (χ2n) is 3.31. The summed E-state index contributed by atoms with van der Waals surface area (Å²) in [5.41, 5.74) is 0.183. The lowest BCUT2D eigenvalue weighted by Gasteiger charge is -2.12. The van der Waals surface area contributed by atoms with Crippen LogP contribution in [0.5, 0.6) is 17.2 Å². The molecular weight excluding hydrogens is 215 g/mol. The van der Waals surface area contributed by atoms with Crippen molar-refractivity contribution in [3.05, 3.63) is 17.4 Å². The number of hydrogen-bond donors (Lipinski definition) is 1. The van der Waals surface area contributed by atoms with Gasteiger partial charge in [-0.15, -0.1) is 0 Å². The van der Waals surface area contributed by atoms with Crippen molar-refractivity contribution >= 4 is 5.78 Å². The van der Waals surface area contributed by atoms with Crippen molar-refractivity contribution in [3.63, 3.8) is 0 Å². The van der Waals surface area contributed by atoms with Crippen molar-refractivity contribution < 1.29 is 23.8 Å². The molecule has 0 aliphatic heterocycles. The van der Waals surface area contributed by atoms with Gasteiger partial charge in [0.1, 0.15) is 5.78 Å². The van der Waals surface area contributed by atoms with Gasteiger partial charge in [0.15, 0.2) is 11.5 Å². The van der Waals surface area contributed by atoms with Crippen LogP contribution in [0.3, 0.4) is 0 Å². The Balaban J connectivity index is 3.32. The molecule has 0 spiro atoms. The topological polar surface area (TPSA) is 55.8 Å². The van der Waals surface area contributed by atoms with Crippen LogP contribution in [0.25, 0.3) is 0 Å². The van der Waals surface area contributed by atoms with Crippen molar-refractivity contribution in [2.45, 2.75) is 13.3 Å². The largest absolute Gasteiger partial charge is 0.505 e. The third-order valence-electron chi connectivity index (χ3n) is 2.10. The van der Waals surface area contributed by atoms with Gasteiger partial charge in [-0.1, -0.05) is 0 Å². The highest BCUT2D eigenvalue weighted by molar-refractivity contribution is 5.79. The van der Waals surface area contributed by atoms with Crippen molar-refractivity contribution in [2.24, 2.45) is 0 Å². The van der Waals surface area contributed by atoms with E-state index in [1.807, 2.05) is 0 Å². The second kappa shape index (κ2) is 4.83. The molecule has 0 saturated carbocycles. The summed E-state index contributed by atoms with van der Waals surface area (Å²) in [4.78, 5) is 10.9. The van der Waals surface area contributed by atoms with Gasteiger partial charge in [0.2, 0.25) is 11.6 Å². The fraction of sp³-hybridized carbons (Fsp3) is 0.364. The first-order chi connectivity index (χ1) is 7.51. The maximum Gasteiger partial charge on any atom is 0.210 e. The zero-order chi connectivity index (χ0) is 12.3. The van der Waals surface area contributed by atoms with Crippen LogP contribution in [0.1, 0.15) is 12.5 Å². The molecule has 1 aromatic carbocycles. The molecule has 4 nitrogen and oxygen atoms in total. The summed E-state index contributed by atoms with van der Waals surface area (Å²) < 4.78 is 23.3. The Bertz CT molecular complexity index is 415. The first-order valence-electron chi connectivity index (χ1n) is 4.63. The molecule has 0 radical (unpaired) electrons. The van der Waals surface area contributed by atoms with E-state index in [2.05, 4.69) is 0 Å². The zero-order valence-electron chi connectivity index (χ0n) is 9.33. The quantitative estimate of drug-likeness (QED) is 0.851. The first kappa shape index (κ1) is 12.3. The summed E-state index contributed by atoms with van der Waals surface area (Å²) in [6.07, 6.45) is -0.0525. The van der Waals surface area contributed by atoms with E-state index in [1.165, 1.54) is 27.2 Å². The molecule has 0 fully saturated rings. The Kier molecular flexibility index (Phi) is 3.71. The Hall–Kier alpha value is -1.78. The van der Waals surface area contributed by atoms with Crippen LogP contribution in [-0.4, -0.2) is 25.1 Å². The van der Waals surface area contributed by atoms with Crippen LogP contribution >= 0.6 is 0 Å². The molecule has 0 amide bonds. The maximum absolute atomic E-state index is 13.6. The number of carbonyl (C=O) groups is 1. The maximum atomic E-state index is 13.6. The van der Waals surface area contributed by atoms with Crippen LogP contribution in [0, 0.1) is 5.82 Å². The highest BCUT2D eigenvalue weighted by Crippen LogP contribution is 2.38. The molecule has 1 N–H and O–H groups in total. The number of ether oxygens (including phenoxy) is 2. The molecule has 0 saturated heterocycles. The molecule has 1 rings (SSSR count). The fourth-order valence-electron chi connectivity index (χ4n) is 1.39. The number of phenols is 1. The number of halogens is 1. The van der Waals surface area contributed by atoms with E-state index in [4.69, 9.17) is 9.47 Å². The predicted octanol–water partition coefficient (Wildman–Crippen LogP) is 1.68. The van der Waals surface area contributed by atoms with Crippen LogP contribution in [0.15, 0.2) is 6.07 Å². The van der Waals surface area contributed by atoms with E-state index in [0.29, 0.717) is 0 Å². The van der Waals surface area contributed by atoms with Gasteiger partial charge in [0.25, 0.3) is 0 Å². The molecule has 0 heterocycles. The molecule has 0 aromatic heterocycles. The first-order valence-corrected chi connectivity index (χ1v) is 4.63. The number of hydrogen-bond acceptors (Lipinski definition) is 4. The van der Waals surface area contributed by atoms with Gasteiger partial charge >= 0.3 is 0 Å². The number of phenolic OH excluding ortho intramolecular Hbond substituents is 1. The predicted molar refractivity (Wildman–Crippen MR) is 55.6 cm³/mol. The summed E-state index contributed by atoms with van der Waals surface area (Å²) in [7, 11) is 2.62. The molecule has 88 valence electrons. The van der Waals surface area contributed by atoms with E-state index in [9.17, 15) is 14.3 Å². The minimum atomic E-state index is -0.918. The van der Waals surface area contributed by atoms with Crippen LogP contribution in [0.4, 0.5) is 4.39 Å². The van der Waals surface area contributed by atoms with Crippen molar-refractivity contribution in [1.29, 1.82) is 0 Å². The van der Waals surface area contributed by atoms with Crippen LogP contribution < -0.4 is 9.47 Å². The van der Waals surface area contributed by atoms with Crippen molar-refractivity contribution in [3.8, 4) is 17.2 Å². The van der Waals surface area contributed by atoms with Crippen LogP contribution in [-0.2, 0) is 11.2 Å². The Labute approximate surface area is 92.6 Å². The Morgan fingerprint density at radius 1 is 1.44 bits per heavy atom. The molecule has 1 aromatic rings. The minimum Gasteiger partial charge on any atom is -0.505 e. The van der Waals surface area contributed by atoms with Crippen molar-refractivity contribution in [1.82, 2.24) is 0 Å². The zero-order valence-corrected chi connectivity index (χ0v) is 9.33.